The van der Waals surface area contributed by atoms with Gasteiger partial charge in [-0.15, -0.1) is 0 Å². The van der Waals surface area contributed by atoms with E-state index in [1.165, 1.54) is 0 Å². The summed E-state index contributed by atoms with van der Waals surface area (Å²) in [6.07, 6.45) is 0.434. The maximum atomic E-state index is 11.8. The third-order valence-electron chi connectivity index (χ3n) is 2.50. The average molecular weight is 291 g/mol. The van der Waals surface area contributed by atoms with Gasteiger partial charge in [-0.25, -0.2) is 0 Å². The first-order chi connectivity index (χ1) is 8.47. The second kappa shape index (κ2) is 6.95. The third kappa shape index (κ3) is 3.85. The molecule has 1 amide bonds. The Morgan fingerprint density at radius 3 is 2.78 bits per heavy atom. The zero-order chi connectivity index (χ0) is 13.7. The van der Waals surface area contributed by atoms with Gasteiger partial charge < -0.3 is 15.8 Å². The fourth-order valence-electron chi connectivity index (χ4n) is 1.36. The molecule has 0 saturated carbocycles. The van der Waals surface area contributed by atoms with Crippen LogP contribution in [0, 0.1) is 6.92 Å². The predicted octanol–water partition coefficient (Wildman–Crippen LogP) is 2.60. The normalized spacial score (nSPS) is 12.3. The summed E-state index contributed by atoms with van der Waals surface area (Å²) in [6, 6.07) is 2.81. The Kier molecular flexibility index (Phi) is 5.88. The first-order valence-electron chi connectivity index (χ1n) is 5.47. The average Bonchev–Trinajstić information content (AvgIpc) is 2.36. The minimum atomic E-state index is -0.655. The van der Waals surface area contributed by atoms with Gasteiger partial charge in [-0.1, -0.05) is 29.3 Å². The lowest BCUT2D eigenvalue weighted by atomic mass is 10.2. The fourth-order valence-corrected chi connectivity index (χ4v) is 1.83. The van der Waals surface area contributed by atoms with Gasteiger partial charge in [0, 0.05) is 13.7 Å². The number of anilines is 1. The lowest BCUT2D eigenvalue weighted by Crippen LogP contribution is -2.36. The molecule has 0 fully saturated rings. The second-order valence-corrected chi connectivity index (χ2v) is 4.72. The second-order valence-electron chi connectivity index (χ2n) is 3.93. The first kappa shape index (κ1) is 15.2. The van der Waals surface area contributed by atoms with Crippen molar-refractivity contribution >= 4 is 34.8 Å². The highest BCUT2D eigenvalue weighted by molar-refractivity contribution is 6.40. The van der Waals surface area contributed by atoms with Gasteiger partial charge in [0.25, 0.3) is 0 Å². The molecule has 0 aliphatic heterocycles. The molecule has 1 aromatic carbocycles. The standard InChI is InChI=1S/C12H16Cl2N2O2/c1-7-3-4-8(13)11(10(7)14)16-12(17)9(15)5-6-18-2/h3-4,9H,5-6,15H2,1-2H3,(H,16,17). The van der Waals surface area contributed by atoms with E-state index >= 15 is 0 Å². The Morgan fingerprint density at radius 2 is 2.17 bits per heavy atom. The zero-order valence-corrected chi connectivity index (χ0v) is 11.8. The minimum absolute atomic E-state index is 0.332. The molecule has 4 nitrogen and oxygen atoms in total. The molecule has 0 aliphatic rings. The molecule has 1 rings (SSSR count). The summed E-state index contributed by atoms with van der Waals surface area (Å²) in [5.41, 5.74) is 6.95. The number of hydrogen-bond acceptors (Lipinski definition) is 3. The van der Waals surface area contributed by atoms with Crippen molar-refractivity contribution in [2.75, 3.05) is 19.0 Å². The van der Waals surface area contributed by atoms with Crippen LogP contribution in [0.1, 0.15) is 12.0 Å². The van der Waals surface area contributed by atoms with Crippen LogP contribution in [0.3, 0.4) is 0 Å². The number of aryl methyl sites for hydroxylation is 1. The zero-order valence-electron chi connectivity index (χ0n) is 10.3. The number of carbonyl (C=O) groups excluding carboxylic acids is 1. The molecule has 0 saturated heterocycles. The van der Waals surface area contributed by atoms with Gasteiger partial charge in [-0.05, 0) is 25.0 Å². The highest BCUT2D eigenvalue weighted by Crippen LogP contribution is 2.32. The van der Waals surface area contributed by atoms with Crippen LogP contribution in [0.2, 0.25) is 10.0 Å². The Labute approximate surface area is 116 Å². The minimum Gasteiger partial charge on any atom is -0.385 e. The Bertz CT molecular complexity index is 438. The lowest BCUT2D eigenvalue weighted by Gasteiger charge is -2.14. The monoisotopic (exact) mass is 290 g/mol. The number of ether oxygens (including phenoxy) is 1. The smallest absolute Gasteiger partial charge is 0.241 e. The SMILES string of the molecule is COCCC(N)C(=O)Nc1c(Cl)ccc(C)c1Cl. The van der Waals surface area contributed by atoms with Crippen LogP contribution in [0.25, 0.3) is 0 Å². The Hall–Kier alpha value is -0.810. The molecule has 1 unspecified atom stereocenters. The molecule has 3 N–H and O–H groups in total. The van der Waals surface area contributed by atoms with Crippen molar-refractivity contribution in [1.29, 1.82) is 0 Å². The van der Waals surface area contributed by atoms with Gasteiger partial charge in [0.15, 0.2) is 0 Å². The van der Waals surface area contributed by atoms with E-state index in [-0.39, 0.29) is 5.91 Å². The maximum Gasteiger partial charge on any atom is 0.241 e. The number of benzene rings is 1. The van der Waals surface area contributed by atoms with Gasteiger partial charge >= 0.3 is 0 Å². The van der Waals surface area contributed by atoms with E-state index in [2.05, 4.69) is 5.32 Å². The summed E-state index contributed by atoms with van der Waals surface area (Å²) in [6.45, 7) is 2.25. The van der Waals surface area contributed by atoms with Crippen LogP contribution in [0.4, 0.5) is 5.69 Å². The van der Waals surface area contributed by atoms with Crippen LogP contribution in [-0.2, 0) is 9.53 Å². The molecule has 6 heteroatoms. The number of methoxy groups -OCH3 is 1. The molecule has 18 heavy (non-hydrogen) atoms. The number of halogens is 2. The van der Waals surface area contributed by atoms with Crippen molar-refractivity contribution in [3.63, 3.8) is 0 Å². The number of amides is 1. The van der Waals surface area contributed by atoms with E-state index in [1.807, 2.05) is 6.92 Å². The summed E-state index contributed by atoms with van der Waals surface area (Å²) in [4.78, 5) is 11.8. The molecule has 0 spiro atoms. The molecule has 1 aromatic rings. The van der Waals surface area contributed by atoms with E-state index in [9.17, 15) is 4.79 Å². The van der Waals surface area contributed by atoms with E-state index in [0.29, 0.717) is 28.8 Å². The van der Waals surface area contributed by atoms with E-state index in [0.717, 1.165) is 5.56 Å². The van der Waals surface area contributed by atoms with Gasteiger partial charge in [0.2, 0.25) is 5.91 Å². The molecule has 0 radical (unpaired) electrons. The van der Waals surface area contributed by atoms with Crippen molar-refractivity contribution in [2.45, 2.75) is 19.4 Å². The number of nitrogens with two attached hydrogens (primary N) is 1. The molecular weight excluding hydrogens is 275 g/mol. The highest BCUT2D eigenvalue weighted by atomic mass is 35.5. The van der Waals surface area contributed by atoms with Crippen molar-refractivity contribution < 1.29 is 9.53 Å². The summed E-state index contributed by atoms with van der Waals surface area (Å²) in [7, 11) is 1.55. The van der Waals surface area contributed by atoms with E-state index in [1.54, 1.807) is 19.2 Å². The first-order valence-corrected chi connectivity index (χ1v) is 6.23. The Morgan fingerprint density at radius 1 is 1.50 bits per heavy atom. The molecule has 1 atom stereocenters. The number of carbonyl (C=O) groups is 1. The predicted molar refractivity (Wildman–Crippen MR) is 74.3 cm³/mol. The Balaban J connectivity index is 2.79. The fraction of sp³-hybridized carbons (Fsp3) is 0.417. The van der Waals surface area contributed by atoms with E-state index in [4.69, 9.17) is 33.7 Å². The molecular formula is C12H16Cl2N2O2. The van der Waals surface area contributed by atoms with Crippen molar-refractivity contribution in [2.24, 2.45) is 5.73 Å². The van der Waals surface area contributed by atoms with Crippen LogP contribution >= 0.6 is 23.2 Å². The van der Waals surface area contributed by atoms with Crippen LogP contribution < -0.4 is 11.1 Å². The van der Waals surface area contributed by atoms with Gasteiger partial charge in [-0.2, -0.15) is 0 Å². The molecule has 0 heterocycles. The van der Waals surface area contributed by atoms with E-state index < -0.39 is 6.04 Å². The third-order valence-corrected chi connectivity index (χ3v) is 3.30. The summed E-state index contributed by atoms with van der Waals surface area (Å²) in [5.74, 6) is -0.332. The van der Waals surface area contributed by atoms with Crippen LogP contribution in [0.5, 0.6) is 0 Å². The van der Waals surface area contributed by atoms with Crippen molar-refractivity contribution in [1.82, 2.24) is 0 Å². The lowest BCUT2D eigenvalue weighted by molar-refractivity contribution is -0.117. The van der Waals surface area contributed by atoms with Gasteiger partial charge in [-0.3, -0.25) is 4.79 Å². The van der Waals surface area contributed by atoms with Crippen LogP contribution in [-0.4, -0.2) is 25.7 Å². The van der Waals surface area contributed by atoms with Crippen molar-refractivity contribution in [3.05, 3.63) is 27.7 Å². The molecule has 0 aromatic heterocycles. The highest BCUT2D eigenvalue weighted by Gasteiger charge is 2.17. The summed E-state index contributed by atoms with van der Waals surface area (Å²) >= 11 is 12.1. The number of rotatable bonds is 5. The number of hydrogen-bond donors (Lipinski definition) is 2. The number of nitrogens with one attached hydrogen (secondary N) is 1. The maximum absolute atomic E-state index is 11.8. The summed E-state index contributed by atoms with van der Waals surface area (Å²) < 4.78 is 4.87. The summed E-state index contributed by atoms with van der Waals surface area (Å²) in [5, 5.41) is 3.46. The molecule has 100 valence electrons. The quantitative estimate of drug-likeness (QED) is 0.876. The van der Waals surface area contributed by atoms with Gasteiger partial charge in [0.1, 0.15) is 0 Å². The van der Waals surface area contributed by atoms with Crippen molar-refractivity contribution in [3.8, 4) is 0 Å². The molecule has 0 aliphatic carbocycles. The largest absolute Gasteiger partial charge is 0.385 e. The van der Waals surface area contributed by atoms with Crippen LogP contribution in [0.15, 0.2) is 12.1 Å². The topological polar surface area (TPSA) is 64.3 Å². The van der Waals surface area contributed by atoms with Gasteiger partial charge in [0.05, 0.1) is 21.8 Å². The molecule has 0 bridgehead atoms.